The number of hydrogen-bond acceptors (Lipinski definition) is 8. The first kappa shape index (κ1) is 22.9. The van der Waals surface area contributed by atoms with Gasteiger partial charge in [-0.25, -0.2) is 8.42 Å². The third kappa shape index (κ3) is 5.76. The summed E-state index contributed by atoms with van der Waals surface area (Å²) < 4.78 is 37.7. The number of anilines is 1. The van der Waals surface area contributed by atoms with Gasteiger partial charge in [0, 0.05) is 24.3 Å². The van der Waals surface area contributed by atoms with Crippen molar-refractivity contribution in [3.8, 4) is 22.9 Å². The number of sulfonamides is 1. The molecule has 0 bridgehead atoms. The molecule has 12 heteroatoms. The molecule has 1 amide bonds. The number of nitrogens with one attached hydrogen (secondary N) is 2. The van der Waals surface area contributed by atoms with Crippen LogP contribution in [0.2, 0.25) is 0 Å². The Kier molecular flexibility index (Phi) is 6.75. The van der Waals surface area contributed by atoms with E-state index in [4.69, 9.17) is 9.47 Å². The molecule has 0 fully saturated rings. The summed E-state index contributed by atoms with van der Waals surface area (Å²) in [7, 11) is -3.34. The van der Waals surface area contributed by atoms with Crippen LogP contribution in [-0.2, 0) is 27.9 Å². The van der Waals surface area contributed by atoms with Crippen LogP contribution in [0, 0.1) is 0 Å². The van der Waals surface area contributed by atoms with Crippen LogP contribution in [0.5, 0.6) is 11.5 Å². The Labute approximate surface area is 195 Å². The summed E-state index contributed by atoms with van der Waals surface area (Å²) in [4.78, 5) is 12.4. The van der Waals surface area contributed by atoms with Gasteiger partial charge in [0.15, 0.2) is 22.5 Å². The van der Waals surface area contributed by atoms with E-state index in [-0.39, 0.29) is 18.5 Å². The number of rotatable bonds is 9. The van der Waals surface area contributed by atoms with Crippen molar-refractivity contribution >= 4 is 33.4 Å². The zero-order valence-corrected chi connectivity index (χ0v) is 19.7. The topological polar surface area (TPSA) is 124 Å². The monoisotopic (exact) mass is 489 g/mol. The van der Waals surface area contributed by atoms with Crippen LogP contribution in [0.4, 0.5) is 5.69 Å². The van der Waals surface area contributed by atoms with Gasteiger partial charge in [0.25, 0.3) is 0 Å². The predicted molar refractivity (Wildman–Crippen MR) is 125 cm³/mol. The van der Waals surface area contributed by atoms with Crippen molar-refractivity contribution in [1.29, 1.82) is 0 Å². The molecule has 1 aromatic heterocycles. The number of nitrogens with zero attached hydrogens (tertiary/aromatic N) is 3. The highest BCUT2D eigenvalue weighted by Gasteiger charge is 2.16. The summed E-state index contributed by atoms with van der Waals surface area (Å²) in [5.74, 6) is 2.10. The van der Waals surface area contributed by atoms with E-state index >= 15 is 0 Å². The third-order valence-electron chi connectivity index (χ3n) is 4.74. The van der Waals surface area contributed by atoms with Gasteiger partial charge in [-0.3, -0.25) is 9.52 Å². The lowest BCUT2D eigenvalue weighted by Gasteiger charge is -2.09. The number of thioether (sulfide) groups is 1. The van der Waals surface area contributed by atoms with Crippen LogP contribution in [0.25, 0.3) is 11.4 Å². The van der Waals surface area contributed by atoms with E-state index in [1.54, 1.807) is 24.3 Å². The number of aromatic nitrogens is 3. The lowest BCUT2D eigenvalue weighted by atomic mass is 10.2. The van der Waals surface area contributed by atoms with Crippen LogP contribution in [0.1, 0.15) is 12.5 Å². The Morgan fingerprint density at radius 2 is 1.88 bits per heavy atom. The van der Waals surface area contributed by atoms with Crippen molar-refractivity contribution < 1.29 is 22.7 Å². The van der Waals surface area contributed by atoms with E-state index in [0.717, 1.165) is 17.4 Å². The van der Waals surface area contributed by atoms with Gasteiger partial charge in [-0.15, -0.1) is 10.2 Å². The fraction of sp³-hybridized carbons (Fsp3) is 0.286. The molecule has 2 aromatic carbocycles. The summed E-state index contributed by atoms with van der Waals surface area (Å²) >= 11 is 1.30. The van der Waals surface area contributed by atoms with Crippen molar-refractivity contribution in [1.82, 2.24) is 20.1 Å². The van der Waals surface area contributed by atoms with Crippen LogP contribution < -0.4 is 19.5 Å². The quantitative estimate of drug-likeness (QED) is 0.439. The summed E-state index contributed by atoms with van der Waals surface area (Å²) in [5.41, 5.74) is 2.19. The second kappa shape index (κ2) is 9.71. The zero-order chi connectivity index (χ0) is 23.4. The molecule has 2 N–H and O–H groups in total. The van der Waals surface area contributed by atoms with Crippen LogP contribution in [0.3, 0.4) is 0 Å². The molecule has 0 spiro atoms. The first-order chi connectivity index (χ1) is 15.8. The summed E-state index contributed by atoms with van der Waals surface area (Å²) in [5, 5.41) is 12.0. The molecule has 4 rings (SSSR count). The highest BCUT2D eigenvalue weighted by Crippen LogP contribution is 2.32. The molecule has 10 nitrogen and oxygen atoms in total. The first-order valence-electron chi connectivity index (χ1n) is 10.1. The van der Waals surface area contributed by atoms with Crippen LogP contribution >= 0.6 is 11.8 Å². The Morgan fingerprint density at radius 1 is 1.12 bits per heavy atom. The molecule has 3 aromatic rings. The fourth-order valence-electron chi connectivity index (χ4n) is 3.23. The van der Waals surface area contributed by atoms with Crippen molar-refractivity contribution in [2.45, 2.75) is 25.2 Å². The number of carbonyl (C=O) groups excluding carboxylic acids is 1. The SMILES string of the molecule is CCn1c(SCC(=O)NCc2ccc3c(c2)OCO3)nnc1-c1ccc(NS(C)(=O)=O)cc1. The van der Waals surface area contributed by atoms with E-state index < -0.39 is 10.0 Å². The summed E-state index contributed by atoms with van der Waals surface area (Å²) in [6, 6.07) is 12.5. The van der Waals surface area contributed by atoms with Gasteiger partial charge in [-0.05, 0) is 48.9 Å². The highest BCUT2D eigenvalue weighted by molar-refractivity contribution is 7.99. The first-order valence-corrected chi connectivity index (χ1v) is 13.0. The molecule has 33 heavy (non-hydrogen) atoms. The van der Waals surface area contributed by atoms with Crippen molar-refractivity contribution in [2.24, 2.45) is 0 Å². The molecule has 0 saturated carbocycles. The van der Waals surface area contributed by atoms with E-state index in [2.05, 4.69) is 20.2 Å². The second-order valence-corrected chi connectivity index (χ2v) is 9.95. The largest absolute Gasteiger partial charge is 0.454 e. The number of amides is 1. The van der Waals surface area contributed by atoms with Gasteiger partial charge in [0.05, 0.1) is 12.0 Å². The van der Waals surface area contributed by atoms with E-state index in [9.17, 15) is 13.2 Å². The normalized spacial score (nSPS) is 12.5. The predicted octanol–water partition coefficient (Wildman–Crippen LogP) is 2.47. The number of hydrogen-bond donors (Lipinski definition) is 2. The minimum atomic E-state index is -3.34. The highest BCUT2D eigenvalue weighted by atomic mass is 32.2. The van der Waals surface area contributed by atoms with Crippen LogP contribution in [-0.4, -0.2) is 47.9 Å². The third-order valence-corrected chi connectivity index (χ3v) is 6.31. The summed E-state index contributed by atoms with van der Waals surface area (Å²) in [6.45, 7) is 3.18. The van der Waals surface area contributed by atoms with Crippen molar-refractivity contribution in [3.63, 3.8) is 0 Å². The molecule has 0 atom stereocenters. The molecule has 1 aliphatic rings. The molecular weight excluding hydrogens is 466 g/mol. The maximum absolute atomic E-state index is 12.4. The van der Waals surface area contributed by atoms with Crippen molar-refractivity contribution in [2.75, 3.05) is 23.5 Å². The molecule has 0 unspecified atom stereocenters. The lowest BCUT2D eigenvalue weighted by molar-refractivity contribution is -0.118. The Bertz CT molecular complexity index is 1260. The maximum Gasteiger partial charge on any atom is 0.231 e. The van der Waals surface area contributed by atoms with E-state index in [1.807, 2.05) is 29.7 Å². The average Bonchev–Trinajstić information content (AvgIpc) is 3.41. The summed E-state index contributed by atoms with van der Waals surface area (Å²) in [6.07, 6.45) is 1.10. The lowest BCUT2D eigenvalue weighted by Crippen LogP contribution is -2.24. The zero-order valence-electron chi connectivity index (χ0n) is 18.1. The Hall–Kier alpha value is -3.25. The van der Waals surface area contributed by atoms with Gasteiger partial charge in [-0.2, -0.15) is 0 Å². The van der Waals surface area contributed by atoms with Gasteiger partial charge in [0.1, 0.15) is 0 Å². The molecule has 0 saturated heterocycles. The van der Waals surface area contributed by atoms with Crippen molar-refractivity contribution in [3.05, 3.63) is 48.0 Å². The van der Waals surface area contributed by atoms with E-state index in [1.165, 1.54) is 11.8 Å². The number of benzene rings is 2. The molecule has 174 valence electrons. The number of carbonyl (C=O) groups is 1. The van der Waals surface area contributed by atoms with Crippen LogP contribution in [0.15, 0.2) is 47.6 Å². The fourth-order valence-corrected chi connectivity index (χ4v) is 4.62. The average molecular weight is 490 g/mol. The minimum Gasteiger partial charge on any atom is -0.454 e. The Morgan fingerprint density at radius 3 is 2.61 bits per heavy atom. The molecular formula is C21H23N5O5S2. The number of ether oxygens (including phenoxy) is 2. The second-order valence-electron chi connectivity index (χ2n) is 7.26. The maximum atomic E-state index is 12.4. The molecule has 2 heterocycles. The Balaban J connectivity index is 1.35. The van der Waals surface area contributed by atoms with E-state index in [0.29, 0.717) is 41.3 Å². The molecule has 1 aliphatic heterocycles. The minimum absolute atomic E-state index is 0.124. The van der Waals surface area contributed by atoms with Gasteiger partial charge < -0.3 is 19.4 Å². The van der Waals surface area contributed by atoms with Gasteiger partial charge in [-0.1, -0.05) is 17.8 Å². The van der Waals surface area contributed by atoms with Gasteiger partial charge in [0.2, 0.25) is 22.7 Å². The number of fused-ring (bicyclic) bond motifs is 1. The van der Waals surface area contributed by atoms with Gasteiger partial charge >= 0.3 is 0 Å². The molecule has 0 radical (unpaired) electrons. The smallest absolute Gasteiger partial charge is 0.231 e. The molecule has 0 aliphatic carbocycles. The standard InChI is InChI=1S/C21H23N5O5S2/c1-3-26-20(15-5-7-16(8-6-15)25-33(2,28)29)23-24-21(26)32-12-19(27)22-11-14-4-9-17-18(10-14)31-13-30-17/h4-10,25H,3,11-13H2,1-2H3,(H,22,27).